The van der Waals surface area contributed by atoms with Gasteiger partial charge in [-0.2, -0.15) is 4.98 Å². The molecule has 2 N–H and O–H groups in total. The number of nitrogens with zero attached hydrogens (tertiary/aromatic N) is 3. The van der Waals surface area contributed by atoms with Crippen LogP contribution in [0.1, 0.15) is 36.2 Å². The number of urea groups is 1. The van der Waals surface area contributed by atoms with Crippen molar-refractivity contribution in [2.45, 2.75) is 32.0 Å². The molecule has 154 valence electrons. The Labute approximate surface area is 172 Å². The molecule has 1 aliphatic heterocycles. The second-order valence-electron chi connectivity index (χ2n) is 6.93. The van der Waals surface area contributed by atoms with Gasteiger partial charge in [0.15, 0.2) is 5.82 Å². The van der Waals surface area contributed by atoms with Gasteiger partial charge in [0.2, 0.25) is 11.8 Å². The van der Waals surface area contributed by atoms with Gasteiger partial charge in [0.25, 0.3) is 0 Å². The van der Waals surface area contributed by atoms with E-state index in [4.69, 9.17) is 4.52 Å². The molecule has 9 heteroatoms. The Hall–Kier alpha value is -3.75. The molecule has 3 amide bonds. The Morgan fingerprint density at radius 1 is 1.17 bits per heavy atom. The van der Waals surface area contributed by atoms with Crippen molar-refractivity contribution in [2.75, 3.05) is 5.32 Å². The minimum absolute atomic E-state index is 0.0420. The van der Waals surface area contributed by atoms with E-state index in [2.05, 4.69) is 20.8 Å². The van der Waals surface area contributed by atoms with Crippen molar-refractivity contribution in [2.24, 2.45) is 0 Å². The first-order chi connectivity index (χ1) is 14.6. The van der Waals surface area contributed by atoms with E-state index in [-0.39, 0.29) is 24.3 Å². The third-order valence-corrected chi connectivity index (χ3v) is 4.80. The average Bonchev–Trinajstić information content (AvgIpc) is 3.36. The normalized spacial score (nSPS) is 16.0. The molecule has 1 aliphatic rings. The summed E-state index contributed by atoms with van der Waals surface area (Å²) in [7, 11) is 0. The fourth-order valence-electron chi connectivity index (χ4n) is 3.31. The number of amides is 3. The maximum Gasteiger partial charge on any atom is 0.319 e. The Kier molecular flexibility index (Phi) is 5.69. The number of hydrogen-bond donors (Lipinski definition) is 2. The molecule has 0 spiro atoms. The van der Waals surface area contributed by atoms with Crippen LogP contribution in [0.3, 0.4) is 0 Å². The highest BCUT2D eigenvalue weighted by atomic mass is 19.1. The minimum Gasteiger partial charge on any atom is -0.337 e. The molecule has 0 aliphatic carbocycles. The molecule has 0 unspecified atom stereocenters. The first kappa shape index (κ1) is 19.6. The number of hydrogen-bond acceptors (Lipinski definition) is 5. The summed E-state index contributed by atoms with van der Waals surface area (Å²) in [4.78, 5) is 30.4. The summed E-state index contributed by atoms with van der Waals surface area (Å²) >= 11 is 0. The molecular formula is C21H20FN5O3. The van der Waals surface area contributed by atoms with Gasteiger partial charge in [0.1, 0.15) is 11.9 Å². The van der Waals surface area contributed by atoms with Crippen molar-refractivity contribution in [3.05, 3.63) is 77.7 Å². The van der Waals surface area contributed by atoms with Crippen LogP contribution in [-0.4, -0.2) is 27.0 Å². The van der Waals surface area contributed by atoms with Crippen LogP contribution in [0, 0.1) is 5.82 Å². The summed E-state index contributed by atoms with van der Waals surface area (Å²) in [6.07, 6.45) is 1.03. The number of carbonyl (C=O) groups excluding carboxylic acids is 2. The molecule has 0 radical (unpaired) electrons. The van der Waals surface area contributed by atoms with Gasteiger partial charge in [0.05, 0.1) is 6.54 Å². The summed E-state index contributed by atoms with van der Waals surface area (Å²) < 4.78 is 18.3. The molecule has 8 nitrogen and oxygen atoms in total. The van der Waals surface area contributed by atoms with Crippen molar-refractivity contribution in [3.8, 4) is 0 Å². The van der Waals surface area contributed by atoms with Crippen LogP contribution in [0.2, 0.25) is 0 Å². The molecule has 30 heavy (non-hydrogen) atoms. The zero-order valence-electron chi connectivity index (χ0n) is 16.0. The molecule has 2 aromatic carbocycles. The maximum absolute atomic E-state index is 12.9. The van der Waals surface area contributed by atoms with E-state index in [0.29, 0.717) is 36.8 Å². The van der Waals surface area contributed by atoms with Crippen molar-refractivity contribution in [1.29, 1.82) is 0 Å². The lowest BCUT2D eigenvalue weighted by Crippen LogP contribution is -2.29. The predicted octanol–water partition coefficient (Wildman–Crippen LogP) is 3.39. The van der Waals surface area contributed by atoms with Crippen molar-refractivity contribution in [3.63, 3.8) is 0 Å². The summed E-state index contributed by atoms with van der Waals surface area (Å²) in [5, 5.41) is 9.10. The van der Waals surface area contributed by atoms with Gasteiger partial charge >= 0.3 is 6.03 Å². The van der Waals surface area contributed by atoms with Crippen LogP contribution in [0.15, 0.2) is 59.1 Å². The topological polar surface area (TPSA) is 100 Å². The average molecular weight is 409 g/mol. The monoisotopic (exact) mass is 409 g/mol. The Morgan fingerprint density at radius 3 is 2.70 bits per heavy atom. The van der Waals surface area contributed by atoms with E-state index in [1.54, 1.807) is 4.90 Å². The highest BCUT2D eigenvalue weighted by molar-refractivity contribution is 5.89. The number of aromatic nitrogens is 2. The fraction of sp³-hybridized carbons (Fsp3) is 0.238. The Bertz CT molecular complexity index is 1020. The standard InChI is InChI=1S/C21H20FN5O3/c22-15-6-8-16(9-7-15)24-21(29)23-12-18-25-20(30-26-18)17-10-11-19(28)27(17)13-14-4-2-1-3-5-14/h1-9,17H,10-13H2,(H2,23,24,29)/t17-/m0/s1. The van der Waals surface area contributed by atoms with Crippen molar-refractivity contribution in [1.82, 2.24) is 20.4 Å². The molecular weight excluding hydrogens is 389 g/mol. The van der Waals surface area contributed by atoms with Crippen LogP contribution >= 0.6 is 0 Å². The molecule has 0 saturated carbocycles. The van der Waals surface area contributed by atoms with Crippen molar-refractivity contribution < 1.29 is 18.5 Å². The van der Waals surface area contributed by atoms with Gasteiger partial charge < -0.3 is 20.1 Å². The fourth-order valence-corrected chi connectivity index (χ4v) is 3.31. The lowest BCUT2D eigenvalue weighted by atomic mass is 10.2. The smallest absolute Gasteiger partial charge is 0.319 e. The second kappa shape index (κ2) is 8.73. The van der Waals surface area contributed by atoms with Crippen LogP contribution in [-0.2, 0) is 17.9 Å². The Morgan fingerprint density at radius 2 is 1.93 bits per heavy atom. The largest absolute Gasteiger partial charge is 0.337 e. The third kappa shape index (κ3) is 4.62. The van der Waals surface area contributed by atoms with E-state index in [0.717, 1.165) is 5.56 Å². The predicted molar refractivity (Wildman–Crippen MR) is 106 cm³/mol. The lowest BCUT2D eigenvalue weighted by Gasteiger charge is -2.22. The summed E-state index contributed by atoms with van der Waals surface area (Å²) in [6, 6.07) is 14.4. The third-order valence-electron chi connectivity index (χ3n) is 4.80. The van der Waals surface area contributed by atoms with Crippen LogP contribution < -0.4 is 10.6 Å². The molecule has 1 aromatic heterocycles. The first-order valence-electron chi connectivity index (χ1n) is 9.55. The zero-order chi connectivity index (χ0) is 20.9. The van der Waals surface area contributed by atoms with Gasteiger partial charge in [-0.05, 0) is 36.2 Å². The molecule has 4 rings (SSSR count). The number of likely N-dealkylation sites (tertiary alicyclic amines) is 1. The molecule has 1 fully saturated rings. The molecule has 0 bridgehead atoms. The zero-order valence-corrected chi connectivity index (χ0v) is 16.0. The van der Waals surface area contributed by atoms with E-state index in [1.807, 2.05) is 30.3 Å². The molecule has 3 aromatic rings. The van der Waals surface area contributed by atoms with Crippen LogP contribution in [0.25, 0.3) is 0 Å². The van der Waals surface area contributed by atoms with E-state index < -0.39 is 6.03 Å². The quantitative estimate of drug-likeness (QED) is 0.650. The number of carbonyl (C=O) groups is 2. The SMILES string of the molecule is O=C(NCc1noc([C@@H]2CCC(=O)N2Cc2ccccc2)n1)Nc1ccc(F)cc1. The van der Waals surface area contributed by atoms with Crippen molar-refractivity contribution >= 4 is 17.6 Å². The summed E-state index contributed by atoms with van der Waals surface area (Å²) in [5.41, 5.74) is 1.49. The van der Waals surface area contributed by atoms with Gasteiger partial charge in [-0.25, -0.2) is 9.18 Å². The van der Waals surface area contributed by atoms with Gasteiger partial charge in [-0.3, -0.25) is 4.79 Å². The van der Waals surface area contributed by atoms with Gasteiger partial charge in [-0.15, -0.1) is 0 Å². The van der Waals surface area contributed by atoms with Crippen LogP contribution in [0.4, 0.5) is 14.9 Å². The number of benzene rings is 2. The van der Waals surface area contributed by atoms with Gasteiger partial charge in [-0.1, -0.05) is 35.5 Å². The minimum atomic E-state index is -0.477. The van der Waals surface area contributed by atoms with Crippen LogP contribution in [0.5, 0.6) is 0 Å². The maximum atomic E-state index is 12.9. The molecule has 1 saturated heterocycles. The first-order valence-corrected chi connectivity index (χ1v) is 9.55. The molecule has 1 atom stereocenters. The number of anilines is 1. The number of nitrogens with one attached hydrogen (secondary N) is 2. The lowest BCUT2D eigenvalue weighted by molar-refractivity contribution is -0.130. The summed E-state index contributed by atoms with van der Waals surface area (Å²) in [6.45, 7) is 0.524. The number of halogens is 1. The Balaban J connectivity index is 1.35. The van der Waals surface area contributed by atoms with E-state index in [1.165, 1.54) is 24.3 Å². The van der Waals surface area contributed by atoms with E-state index >= 15 is 0 Å². The molecule has 2 heterocycles. The van der Waals surface area contributed by atoms with Gasteiger partial charge in [0, 0.05) is 18.7 Å². The second-order valence-corrected chi connectivity index (χ2v) is 6.93. The van der Waals surface area contributed by atoms with E-state index in [9.17, 15) is 14.0 Å². The highest BCUT2D eigenvalue weighted by Gasteiger charge is 2.35. The highest BCUT2D eigenvalue weighted by Crippen LogP contribution is 2.33. The number of rotatable bonds is 6. The summed E-state index contributed by atoms with van der Waals surface area (Å²) in [5.74, 6) is 0.318.